The first-order valence-corrected chi connectivity index (χ1v) is 7.29. The number of carboxylic acid groups (broad SMARTS) is 1. The van der Waals surface area contributed by atoms with Gasteiger partial charge in [-0.15, -0.1) is 0 Å². The summed E-state index contributed by atoms with van der Waals surface area (Å²) < 4.78 is 10.5. The first kappa shape index (κ1) is 14.0. The van der Waals surface area contributed by atoms with Gasteiger partial charge in [0, 0.05) is 6.07 Å². The summed E-state index contributed by atoms with van der Waals surface area (Å²) in [5.74, 6) is 1.16. The Balaban J connectivity index is 1.98. The lowest BCUT2D eigenvalue weighted by Gasteiger charge is -2.21. The molecule has 4 nitrogen and oxygen atoms in total. The molecule has 21 heavy (non-hydrogen) atoms. The molecular formula is C17H20O4. The molecule has 1 N–H and O–H groups in total. The van der Waals surface area contributed by atoms with Gasteiger partial charge in [0.1, 0.15) is 11.5 Å². The molecule has 2 saturated carbocycles. The Bertz CT molecular complexity index is 568. The molecule has 2 fully saturated rings. The molecule has 0 heterocycles. The van der Waals surface area contributed by atoms with Gasteiger partial charge in [-0.05, 0) is 48.8 Å². The maximum absolute atomic E-state index is 11.5. The quantitative estimate of drug-likeness (QED) is 0.924. The fourth-order valence-electron chi connectivity index (χ4n) is 3.81. The van der Waals surface area contributed by atoms with E-state index in [1.807, 2.05) is 24.3 Å². The molecule has 3 rings (SSSR count). The smallest absolute Gasteiger partial charge is 0.310 e. The van der Waals surface area contributed by atoms with Crippen molar-refractivity contribution >= 4 is 12.0 Å². The highest BCUT2D eigenvalue weighted by molar-refractivity contribution is 5.78. The summed E-state index contributed by atoms with van der Waals surface area (Å²) >= 11 is 0. The SMILES string of the molecule is COc1cc(/C=C2\C3CCC(C3)C2C(=O)O)cc(OC)c1. The van der Waals surface area contributed by atoms with Crippen molar-refractivity contribution in [2.24, 2.45) is 17.8 Å². The minimum atomic E-state index is -0.691. The van der Waals surface area contributed by atoms with Gasteiger partial charge < -0.3 is 14.6 Å². The molecule has 0 aromatic heterocycles. The molecule has 0 saturated heterocycles. The van der Waals surface area contributed by atoms with Crippen LogP contribution in [-0.2, 0) is 4.79 Å². The zero-order valence-electron chi connectivity index (χ0n) is 12.3. The highest BCUT2D eigenvalue weighted by Gasteiger charge is 2.47. The van der Waals surface area contributed by atoms with Gasteiger partial charge in [0.25, 0.3) is 0 Å². The van der Waals surface area contributed by atoms with Crippen LogP contribution in [0.1, 0.15) is 24.8 Å². The van der Waals surface area contributed by atoms with Crippen LogP contribution in [-0.4, -0.2) is 25.3 Å². The molecule has 2 aliphatic rings. The molecule has 0 spiro atoms. The Kier molecular flexibility index (Phi) is 3.62. The van der Waals surface area contributed by atoms with Crippen molar-refractivity contribution in [2.45, 2.75) is 19.3 Å². The van der Waals surface area contributed by atoms with Crippen LogP contribution in [0.4, 0.5) is 0 Å². The lowest BCUT2D eigenvalue weighted by Crippen LogP contribution is -2.22. The maximum Gasteiger partial charge on any atom is 0.310 e. The minimum absolute atomic E-state index is 0.311. The van der Waals surface area contributed by atoms with Crippen molar-refractivity contribution in [3.63, 3.8) is 0 Å². The Hall–Kier alpha value is -1.97. The summed E-state index contributed by atoms with van der Waals surface area (Å²) in [6, 6.07) is 5.65. The molecule has 1 aromatic rings. The Morgan fingerprint density at radius 1 is 1.19 bits per heavy atom. The maximum atomic E-state index is 11.5. The third-order valence-electron chi connectivity index (χ3n) is 4.75. The molecular weight excluding hydrogens is 268 g/mol. The lowest BCUT2D eigenvalue weighted by atomic mass is 9.83. The third kappa shape index (κ3) is 2.50. The predicted molar refractivity (Wildman–Crippen MR) is 79.5 cm³/mol. The van der Waals surface area contributed by atoms with Gasteiger partial charge in [0.15, 0.2) is 0 Å². The van der Waals surface area contributed by atoms with E-state index in [0.29, 0.717) is 11.8 Å². The number of aliphatic carboxylic acids is 1. The summed E-state index contributed by atoms with van der Waals surface area (Å²) in [7, 11) is 3.23. The second kappa shape index (κ2) is 5.43. The summed E-state index contributed by atoms with van der Waals surface area (Å²) in [5, 5.41) is 9.50. The van der Waals surface area contributed by atoms with Gasteiger partial charge in [0.05, 0.1) is 20.1 Å². The largest absolute Gasteiger partial charge is 0.497 e. The van der Waals surface area contributed by atoms with Crippen molar-refractivity contribution in [1.82, 2.24) is 0 Å². The fourth-order valence-corrected chi connectivity index (χ4v) is 3.81. The van der Waals surface area contributed by atoms with E-state index in [0.717, 1.165) is 41.9 Å². The third-order valence-corrected chi connectivity index (χ3v) is 4.75. The fraction of sp³-hybridized carbons (Fsp3) is 0.471. The molecule has 0 radical (unpaired) electrons. The standard InChI is InChI=1S/C17H20O4/c1-20-13-5-10(6-14(9-13)21-2)7-15-11-3-4-12(8-11)16(15)17(18)19/h5-7,9,11-12,16H,3-4,8H2,1-2H3,(H,18,19)/b15-7+. The number of rotatable bonds is 4. The average Bonchev–Trinajstić information content (AvgIpc) is 3.07. The van der Waals surface area contributed by atoms with Crippen molar-refractivity contribution in [2.75, 3.05) is 14.2 Å². The van der Waals surface area contributed by atoms with Crippen LogP contribution in [0.5, 0.6) is 11.5 Å². The van der Waals surface area contributed by atoms with Crippen LogP contribution in [0.15, 0.2) is 23.8 Å². The second-order valence-corrected chi connectivity index (χ2v) is 5.88. The molecule has 3 unspecified atom stereocenters. The molecule has 2 bridgehead atoms. The number of benzene rings is 1. The van der Waals surface area contributed by atoms with E-state index < -0.39 is 5.97 Å². The number of ether oxygens (including phenoxy) is 2. The van der Waals surface area contributed by atoms with Gasteiger partial charge in [0.2, 0.25) is 0 Å². The van der Waals surface area contributed by atoms with Crippen LogP contribution >= 0.6 is 0 Å². The van der Waals surface area contributed by atoms with Crippen LogP contribution in [0.2, 0.25) is 0 Å². The molecule has 0 amide bonds. The van der Waals surface area contributed by atoms with Crippen LogP contribution in [0.25, 0.3) is 6.08 Å². The topological polar surface area (TPSA) is 55.8 Å². The van der Waals surface area contributed by atoms with E-state index in [-0.39, 0.29) is 5.92 Å². The minimum Gasteiger partial charge on any atom is -0.497 e. The Morgan fingerprint density at radius 3 is 2.43 bits per heavy atom. The van der Waals surface area contributed by atoms with E-state index >= 15 is 0 Å². The second-order valence-electron chi connectivity index (χ2n) is 5.88. The van der Waals surface area contributed by atoms with E-state index in [4.69, 9.17) is 9.47 Å². The van der Waals surface area contributed by atoms with Gasteiger partial charge in [-0.25, -0.2) is 0 Å². The molecule has 2 aliphatic carbocycles. The summed E-state index contributed by atoms with van der Waals surface area (Å²) in [6.45, 7) is 0. The number of carboxylic acids is 1. The van der Waals surface area contributed by atoms with Crippen LogP contribution in [0.3, 0.4) is 0 Å². The Labute approximate surface area is 124 Å². The highest BCUT2D eigenvalue weighted by Crippen LogP contribution is 2.52. The zero-order chi connectivity index (χ0) is 15.0. The first-order valence-electron chi connectivity index (χ1n) is 7.29. The lowest BCUT2D eigenvalue weighted by molar-refractivity contribution is -0.141. The Morgan fingerprint density at radius 2 is 1.86 bits per heavy atom. The first-order chi connectivity index (χ1) is 10.1. The number of fused-ring (bicyclic) bond motifs is 2. The monoisotopic (exact) mass is 288 g/mol. The zero-order valence-corrected chi connectivity index (χ0v) is 12.3. The van der Waals surface area contributed by atoms with Crippen molar-refractivity contribution in [1.29, 1.82) is 0 Å². The molecule has 112 valence electrons. The van der Waals surface area contributed by atoms with Crippen molar-refractivity contribution in [3.8, 4) is 11.5 Å². The number of methoxy groups -OCH3 is 2. The van der Waals surface area contributed by atoms with Gasteiger partial charge in [-0.1, -0.05) is 11.6 Å². The van der Waals surface area contributed by atoms with E-state index in [2.05, 4.69) is 0 Å². The van der Waals surface area contributed by atoms with Gasteiger partial charge >= 0.3 is 5.97 Å². The number of hydrogen-bond donors (Lipinski definition) is 1. The highest BCUT2D eigenvalue weighted by atomic mass is 16.5. The summed E-state index contributed by atoms with van der Waals surface area (Å²) in [5.41, 5.74) is 2.01. The van der Waals surface area contributed by atoms with Gasteiger partial charge in [-0.2, -0.15) is 0 Å². The van der Waals surface area contributed by atoms with Crippen molar-refractivity contribution in [3.05, 3.63) is 29.3 Å². The summed E-state index contributed by atoms with van der Waals surface area (Å²) in [6.07, 6.45) is 5.19. The van der Waals surface area contributed by atoms with Crippen molar-refractivity contribution < 1.29 is 19.4 Å². The van der Waals surface area contributed by atoms with Crippen LogP contribution < -0.4 is 9.47 Å². The van der Waals surface area contributed by atoms with E-state index in [1.54, 1.807) is 14.2 Å². The average molecular weight is 288 g/mol. The molecule has 0 aliphatic heterocycles. The van der Waals surface area contributed by atoms with E-state index in [9.17, 15) is 9.90 Å². The molecule has 1 aromatic carbocycles. The molecule has 4 heteroatoms. The number of carbonyl (C=O) groups is 1. The summed E-state index contributed by atoms with van der Waals surface area (Å²) in [4.78, 5) is 11.5. The van der Waals surface area contributed by atoms with Gasteiger partial charge in [-0.3, -0.25) is 4.79 Å². The molecule has 3 atom stereocenters. The predicted octanol–water partition coefficient (Wildman–Crippen LogP) is 3.22. The van der Waals surface area contributed by atoms with E-state index in [1.165, 1.54) is 0 Å². The van der Waals surface area contributed by atoms with Crippen LogP contribution in [0, 0.1) is 17.8 Å². The normalized spacial score (nSPS) is 28.9. The number of hydrogen-bond acceptors (Lipinski definition) is 3.